The Balaban J connectivity index is 1.48. The second-order valence-electron chi connectivity index (χ2n) is 6.31. The number of hydrogen-bond donors (Lipinski definition) is 1. The second-order valence-corrected chi connectivity index (χ2v) is 8.48. The first kappa shape index (κ1) is 18.9. The molecule has 0 saturated heterocycles. The van der Waals surface area contributed by atoms with Gasteiger partial charge in [-0.05, 0) is 36.2 Å². The Kier molecular flexibility index (Phi) is 4.82. The molecular weight excluding hydrogens is 408 g/mol. The topological polar surface area (TPSA) is 99.8 Å². The van der Waals surface area contributed by atoms with Crippen molar-refractivity contribution in [3.63, 3.8) is 0 Å². The van der Waals surface area contributed by atoms with Crippen molar-refractivity contribution in [2.24, 2.45) is 7.05 Å². The van der Waals surface area contributed by atoms with Crippen LogP contribution in [0.5, 0.6) is 11.5 Å². The summed E-state index contributed by atoms with van der Waals surface area (Å²) in [5.74, 6) is 0.518. The number of ether oxygens (including phenoxy) is 2. The Hall–Kier alpha value is -2.49. The van der Waals surface area contributed by atoms with E-state index in [0.29, 0.717) is 41.7 Å². The van der Waals surface area contributed by atoms with Gasteiger partial charge in [-0.2, -0.15) is 0 Å². The Morgan fingerprint density at radius 3 is 2.79 bits per heavy atom. The molecule has 1 aliphatic heterocycles. The summed E-state index contributed by atoms with van der Waals surface area (Å²) < 4.78 is 45.0. The summed E-state index contributed by atoms with van der Waals surface area (Å²) in [5.41, 5.74) is 1.56. The Bertz CT molecular complexity index is 1210. The van der Waals surface area contributed by atoms with E-state index >= 15 is 0 Å². The molecular formula is C18H17ClN2O6S. The number of nitrogens with zero attached hydrogens (tertiary/aromatic N) is 1. The monoisotopic (exact) mass is 424 g/mol. The van der Waals surface area contributed by atoms with E-state index in [4.69, 9.17) is 25.5 Å². The lowest BCUT2D eigenvalue weighted by Crippen LogP contribution is -2.26. The molecule has 8 nitrogen and oxygen atoms in total. The van der Waals surface area contributed by atoms with Crippen molar-refractivity contribution in [1.82, 2.24) is 9.29 Å². The van der Waals surface area contributed by atoms with E-state index in [1.807, 2.05) is 0 Å². The van der Waals surface area contributed by atoms with Gasteiger partial charge in [0.05, 0.1) is 15.4 Å². The first-order chi connectivity index (χ1) is 13.3. The maximum atomic E-state index is 12.5. The average molecular weight is 425 g/mol. The number of hydrogen-bond acceptors (Lipinski definition) is 6. The number of aromatic nitrogens is 1. The highest BCUT2D eigenvalue weighted by Gasteiger charge is 2.19. The fourth-order valence-electron chi connectivity index (χ4n) is 3.00. The van der Waals surface area contributed by atoms with Crippen LogP contribution in [0.1, 0.15) is 5.56 Å². The third-order valence-electron chi connectivity index (χ3n) is 4.44. The maximum absolute atomic E-state index is 12.5. The molecule has 0 bridgehead atoms. The molecule has 148 valence electrons. The molecule has 10 heteroatoms. The minimum Gasteiger partial charge on any atom is -0.486 e. The standard InChI is InChI=1S/C18H17ClN2O6S/c1-21-14-3-2-12(10-15(14)27-18(21)22)28(23,24)20-5-4-11-8-13(19)17-16(9-11)25-6-7-26-17/h2-3,8-10,20H,4-7H2,1H3. The number of halogens is 1. The van der Waals surface area contributed by atoms with Gasteiger partial charge < -0.3 is 13.9 Å². The van der Waals surface area contributed by atoms with Crippen molar-refractivity contribution in [3.8, 4) is 11.5 Å². The number of sulfonamides is 1. The quantitative estimate of drug-likeness (QED) is 0.673. The number of nitrogens with one attached hydrogen (secondary N) is 1. The number of aryl methyl sites for hydroxylation is 1. The first-order valence-electron chi connectivity index (χ1n) is 8.52. The molecule has 0 amide bonds. The van der Waals surface area contributed by atoms with Crippen LogP contribution < -0.4 is 20.0 Å². The summed E-state index contributed by atoms with van der Waals surface area (Å²) in [6.07, 6.45) is 0.415. The van der Waals surface area contributed by atoms with Gasteiger partial charge in [0, 0.05) is 19.7 Å². The van der Waals surface area contributed by atoms with Crippen molar-refractivity contribution in [1.29, 1.82) is 0 Å². The van der Waals surface area contributed by atoms with Gasteiger partial charge >= 0.3 is 5.76 Å². The Morgan fingerprint density at radius 2 is 1.96 bits per heavy atom. The fraction of sp³-hybridized carbons (Fsp3) is 0.278. The average Bonchev–Trinajstić information content (AvgIpc) is 2.95. The molecule has 0 saturated carbocycles. The van der Waals surface area contributed by atoms with Gasteiger partial charge in [-0.1, -0.05) is 11.6 Å². The minimum atomic E-state index is -3.76. The van der Waals surface area contributed by atoms with Crippen molar-refractivity contribution < 1.29 is 22.3 Å². The molecule has 1 aromatic heterocycles. The van der Waals surface area contributed by atoms with Crippen molar-refractivity contribution in [2.75, 3.05) is 19.8 Å². The number of fused-ring (bicyclic) bond motifs is 2. The normalized spacial score (nSPS) is 13.8. The lowest BCUT2D eigenvalue weighted by Gasteiger charge is -2.20. The molecule has 4 rings (SSSR count). The van der Waals surface area contributed by atoms with Crippen LogP contribution >= 0.6 is 11.6 Å². The summed E-state index contributed by atoms with van der Waals surface area (Å²) in [5, 5.41) is 0.430. The predicted octanol–water partition coefficient (Wildman–Crippen LogP) is 2.08. The highest BCUT2D eigenvalue weighted by atomic mass is 35.5. The highest BCUT2D eigenvalue weighted by molar-refractivity contribution is 7.89. The van der Waals surface area contributed by atoms with Crippen LogP contribution in [0.4, 0.5) is 0 Å². The Labute approximate surface area is 165 Å². The molecule has 1 N–H and O–H groups in total. The Morgan fingerprint density at radius 1 is 1.18 bits per heavy atom. The number of oxazole rings is 1. The van der Waals surface area contributed by atoms with Gasteiger partial charge in [-0.3, -0.25) is 4.57 Å². The zero-order valence-electron chi connectivity index (χ0n) is 14.9. The van der Waals surface area contributed by atoms with Gasteiger partial charge in [-0.25, -0.2) is 17.9 Å². The summed E-state index contributed by atoms with van der Waals surface area (Å²) in [6.45, 7) is 1.05. The molecule has 28 heavy (non-hydrogen) atoms. The van der Waals surface area contributed by atoms with E-state index in [-0.39, 0.29) is 17.0 Å². The van der Waals surface area contributed by atoms with Crippen molar-refractivity contribution in [2.45, 2.75) is 11.3 Å². The minimum absolute atomic E-state index is 0.0227. The molecule has 0 unspecified atom stereocenters. The van der Waals surface area contributed by atoms with E-state index in [1.54, 1.807) is 19.2 Å². The van der Waals surface area contributed by atoms with Gasteiger partial charge in [-0.15, -0.1) is 0 Å². The molecule has 0 radical (unpaired) electrons. The van der Waals surface area contributed by atoms with Crippen LogP contribution in [-0.2, 0) is 23.5 Å². The number of rotatable bonds is 5. The van der Waals surface area contributed by atoms with Crippen LogP contribution in [0.2, 0.25) is 5.02 Å². The zero-order valence-corrected chi connectivity index (χ0v) is 16.5. The first-order valence-corrected chi connectivity index (χ1v) is 10.4. The van der Waals surface area contributed by atoms with E-state index in [1.165, 1.54) is 22.8 Å². The third-order valence-corrected chi connectivity index (χ3v) is 6.18. The molecule has 2 heterocycles. The van der Waals surface area contributed by atoms with Gasteiger partial charge in [0.2, 0.25) is 10.0 Å². The van der Waals surface area contributed by atoms with Crippen molar-refractivity contribution >= 4 is 32.7 Å². The van der Waals surface area contributed by atoms with E-state index in [2.05, 4.69) is 4.72 Å². The van der Waals surface area contributed by atoms with Crippen LogP contribution in [0.25, 0.3) is 11.1 Å². The highest BCUT2D eigenvalue weighted by Crippen LogP contribution is 2.38. The van der Waals surface area contributed by atoms with Crippen LogP contribution in [0.15, 0.2) is 44.4 Å². The molecule has 1 aliphatic rings. The molecule has 2 aromatic carbocycles. The molecule has 0 atom stereocenters. The van der Waals surface area contributed by atoms with E-state index < -0.39 is 15.8 Å². The summed E-state index contributed by atoms with van der Waals surface area (Å²) in [7, 11) is -2.21. The van der Waals surface area contributed by atoms with Crippen LogP contribution in [0.3, 0.4) is 0 Å². The van der Waals surface area contributed by atoms with Gasteiger partial charge in [0.15, 0.2) is 17.1 Å². The smallest absolute Gasteiger partial charge is 0.419 e. The lowest BCUT2D eigenvalue weighted by atomic mass is 10.1. The maximum Gasteiger partial charge on any atom is 0.419 e. The van der Waals surface area contributed by atoms with E-state index in [0.717, 1.165) is 5.56 Å². The summed E-state index contributed by atoms with van der Waals surface area (Å²) in [4.78, 5) is 11.6. The SMILES string of the molecule is Cn1c(=O)oc2cc(S(=O)(=O)NCCc3cc(Cl)c4c(c3)OCCO4)ccc21. The summed E-state index contributed by atoms with van der Waals surface area (Å²) in [6, 6.07) is 7.82. The molecule has 0 spiro atoms. The second kappa shape index (κ2) is 7.16. The number of benzene rings is 2. The van der Waals surface area contributed by atoms with Gasteiger partial charge in [0.25, 0.3) is 0 Å². The van der Waals surface area contributed by atoms with Crippen molar-refractivity contribution in [3.05, 3.63) is 51.5 Å². The largest absolute Gasteiger partial charge is 0.486 e. The predicted molar refractivity (Wildman–Crippen MR) is 103 cm³/mol. The lowest BCUT2D eigenvalue weighted by molar-refractivity contribution is 0.171. The van der Waals surface area contributed by atoms with Crippen LogP contribution in [-0.4, -0.2) is 32.7 Å². The zero-order chi connectivity index (χ0) is 19.9. The summed E-state index contributed by atoms with van der Waals surface area (Å²) >= 11 is 6.20. The van der Waals surface area contributed by atoms with Gasteiger partial charge in [0.1, 0.15) is 13.2 Å². The van der Waals surface area contributed by atoms with Crippen LogP contribution in [0, 0.1) is 0 Å². The molecule has 0 aliphatic carbocycles. The molecule has 3 aromatic rings. The van der Waals surface area contributed by atoms with E-state index in [9.17, 15) is 13.2 Å². The third kappa shape index (κ3) is 3.48. The fourth-order valence-corrected chi connectivity index (χ4v) is 4.34. The molecule has 0 fully saturated rings.